The topological polar surface area (TPSA) is 77.2 Å². The van der Waals surface area contributed by atoms with Crippen LogP contribution in [-0.4, -0.2) is 22.2 Å². The maximum absolute atomic E-state index is 11.6. The van der Waals surface area contributed by atoms with Gasteiger partial charge in [0.15, 0.2) is 5.13 Å². The van der Waals surface area contributed by atoms with E-state index in [9.17, 15) is 4.79 Å². The third-order valence-corrected chi connectivity index (χ3v) is 3.19. The average molecular weight is 285 g/mol. The molecule has 5 nitrogen and oxygen atoms in total. The molecule has 0 aromatic carbocycles. The van der Waals surface area contributed by atoms with Gasteiger partial charge in [-0.25, -0.2) is 9.78 Å². The lowest BCUT2D eigenvalue weighted by Gasteiger charge is -2.19. The minimum Gasteiger partial charge on any atom is -0.444 e. The van der Waals surface area contributed by atoms with E-state index >= 15 is 0 Å². The molecule has 0 aliphatic carbocycles. The monoisotopic (exact) mass is 285 g/mol. The summed E-state index contributed by atoms with van der Waals surface area (Å²) in [5, 5.41) is 3.20. The molecule has 0 bridgehead atoms. The zero-order valence-electron chi connectivity index (χ0n) is 12.5. The number of anilines is 1. The number of aromatic nitrogens is 1. The number of nitrogens with two attached hydrogens (primary N) is 1. The lowest BCUT2D eigenvalue weighted by Crippen LogP contribution is -2.34. The lowest BCUT2D eigenvalue weighted by atomic mass is 10.0. The van der Waals surface area contributed by atoms with Crippen LogP contribution in [-0.2, 0) is 11.2 Å². The maximum atomic E-state index is 11.6. The number of hydrogen-bond acceptors (Lipinski definition) is 5. The molecule has 6 heteroatoms. The molecule has 1 rings (SSSR count). The Labute approximate surface area is 118 Å². The summed E-state index contributed by atoms with van der Waals surface area (Å²) in [5.41, 5.74) is 6.09. The molecule has 1 amide bonds. The summed E-state index contributed by atoms with van der Waals surface area (Å²) in [6.45, 7) is 11.3. The summed E-state index contributed by atoms with van der Waals surface area (Å²) in [4.78, 5) is 17.0. The molecule has 19 heavy (non-hydrogen) atoms. The third-order valence-electron chi connectivity index (χ3n) is 2.12. The molecule has 0 fully saturated rings. The summed E-state index contributed by atoms with van der Waals surface area (Å²) in [7, 11) is 0. The number of nitrogens with zero attached hydrogens (tertiary/aromatic N) is 1. The van der Waals surface area contributed by atoms with Crippen molar-refractivity contribution in [3.05, 3.63) is 10.6 Å². The number of ether oxygens (including phenoxy) is 1. The Kier molecular flexibility index (Phi) is 4.58. The number of hydrogen-bond donors (Lipinski definition) is 2. The van der Waals surface area contributed by atoms with E-state index in [4.69, 9.17) is 10.5 Å². The van der Waals surface area contributed by atoms with Gasteiger partial charge in [-0.05, 0) is 41.5 Å². The highest BCUT2D eigenvalue weighted by molar-refractivity contribution is 7.15. The largest absolute Gasteiger partial charge is 0.444 e. The molecule has 0 radical (unpaired) electrons. The molecule has 1 heterocycles. The van der Waals surface area contributed by atoms with Gasteiger partial charge in [0.2, 0.25) is 0 Å². The van der Waals surface area contributed by atoms with E-state index in [1.165, 1.54) is 11.3 Å². The van der Waals surface area contributed by atoms with Gasteiger partial charge in [0.05, 0.1) is 5.69 Å². The van der Waals surface area contributed by atoms with Gasteiger partial charge in [-0.3, -0.25) is 5.32 Å². The van der Waals surface area contributed by atoms with Crippen LogP contribution in [0.5, 0.6) is 0 Å². The van der Waals surface area contributed by atoms with Crippen molar-refractivity contribution in [3.8, 4) is 0 Å². The number of nitrogens with one attached hydrogen (secondary N) is 1. The van der Waals surface area contributed by atoms with Crippen LogP contribution in [0.25, 0.3) is 0 Å². The van der Waals surface area contributed by atoms with Gasteiger partial charge in [-0.1, -0.05) is 0 Å². The minimum atomic E-state index is -0.515. The molecular formula is C13H23N3O2S. The second-order valence-corrected chi connectivity index (χ2v) is 7.40. The van der Waals surface area contributed by atoms with E-state index < -0.39 is 11.7 Å². The molecule has 108 valence electrons. The number of carbonyl (C=O) groups excluding carboxylic acids is 1. The highest BCUT2D eigenvalue weighted by atomic mass is 32.1. The zero-order chi connectivity index (χ0) is 14.8. The molecule has 0 saturated carbocycles. The molecular weight excluding hydrogens is 262 g/mol. The zero-order valence-corrected chi connectivity index (χ0v) is 13.3. The first-order valence-corrected chi connectivity index (χ1v) is 7.03. The third kappa shape index (κ3) is 6.02. The van der Waals surface area contributed by atoms with Crippen molar-refractivity contribution in [2.45, 2.75) is 59.1 Å². The highest BCUT2D eigenvalue weighted by Crippen LogP contribution is 2.26. The van der Waals surface area contributed by atoms with Crippen LogP contribution in [0.2, 0.25) is 0 Å². The molecule has 0 unspecified atom stereocenters. The van der Waals surface area contributed by atoms with E-state index in [1.54, 1.807) is 0 Å². The predicted molar refractivity (Wildman–Crippen MR) is 78.7 cm³/mol. The fraction of sp³-hybridized carbons (Fsp3) is 0.692. The number of aryl methyl sites for hydroxylation is 1. The van der Waals surface area contributed by atoms with Crippen molar-refractivity contribution in [1.82, 2.24) is 4.98 Å². The molecule has 1 aromatic rings. The maximum Gasteiger partial charge on any atom is 0.413 e. The van der Waals surface area contributed by atoms with Crippen LogP contribution in [0.15, 0.2) is 0 Å². The molecule has 0 atom stereocenters. The standard InChI is InChI=1S/C13H23N3O2S/c1-8-9(7-13(5,6)14)19-10(15-8)16-11(17)18-12(2,3)4/h7,14H2,1-6H3,(H,15,16,17). The van der Waals surface area contributed by atoms with E-state index in [0.29, 0.717) is 5.13 Å². The molecule has 0 aliphatic heterocycles. The Hall–Kier alpha value is -1.14. The second-order valence-electron chi connectivity index (χ2n) is 6.32. The van der Waals surface area contributed by atoms with Crippen molar-refractivity contribution in [2.75, 3.05) is 5.32 Å². The van der Waals surface area contributed by atoms with Crippen LogP contribution in [0.4, 0.5) is 9.93 Å². The van der Waals surface area contributed by atoms with Crippen LogP contribution in [0, 0.1) is 6.92 Å². The first-order valence-electron chi connectivity index (χ1n) is 6.21. The van der Waals surface area contributed by atoms with E-state index in [-0.39, 0.29) is 5.54 Å². The summed E-state index contributed by atoms with van der Waals surface area (Å²) >= 11 is 1.44. The summed E-state index contributed by atoms with van der Waals surface area (Å²) in [5.74, 6) is 0. The number of thiazole rings is 1. The molecule has 0 saturated heterocycles. The minimum absolute atomic E-state index is 0.291. The van der Waals surface area contributed by atoms with Gasteiger partial charge in [0, 0.05) is 16.8 Å². The Morgan fingerprint density at radius 2 is 1.95 bits per heavy atom. The van der Waals surface area contributed by atoms with Gasteiger partial charge < -0.3 is 10.5 Å². The average Bonchev–Trinajstić information content (AvgIpc) is 2.39. The Morgan fingerprint density at radius 3 is 2.42 bits per heavy atom. The van der Waals surface area contributed by atoms with Crippen molar-refractivity contribution < 1.29 is 9.53 Å². The Bertz CT molecular complexity index is 455. The first-order chi connectivity index (χ1) is 8.46. The van der Waals surface area contributed by atoms with Crippen molar-refractivity contribution in [2.24, 2.45) is 5.73 Å². The second kappa shape index (κ2) is 5.46. The molecule has 3 N–H and O–H groups in total. The van der Waals surface area contributed by atoms with Crippen LogP contribution in [0.1, 0.15) is 45.2 Å². The Balaban J connectivity index is 2.71. The number of rotatable bonds is 3. The molecule has 1 aromatic heterocycles. The quantitative estimate of drug-likeness (QED) is 0.894. The Morgan fingerprint density at radius 1 is 1.37 bits per heavy atom. The van der Waals surface area contributed by atoms with E-state index in [1.807, 2.05) is 41.5 Å². The van der Waals surface area contributed by atoms with E-state index in [2.05, 4.69) is 10.3 Å². The van der Waals surface area contributed by atoms with Gasteiger partial charge >= 0.3 is 6.09 Å². The summed E-state index contributed by atoms with van der Waals surface area (Å²) in [6.07, 6.45) is 0.242. The predicted octanol–water partition coefficient (Wildman–Crippen LogP) is 3.08. The van der Waals surface area contributed by atoms with Crippen molar-refractivity contribution in [3.63, 3.8) is 0 Å². The van der Waals surface area contributed by atoms with E-state index in [0.717, 1.165) is 17.0 Å². The fourth-order valence-corrected chi connectivity index (χ4v) is 2.64. The van der Waals surface area contributed by atoms with Gasteiger partial charge in [0.1, 0.15) is 5.60 Å². The SMILES string of the molecule is Cc1nc(NC(=O)OC(C)(C)C)sc1CC(C)(C)N. The summed E-state index contributed by atoms with van der Waals surface area (Å²) < 4.78 is 5.18. The van der Waals surface area contributed by atoms with Crippen LogP contribution >= 0.6 is 11.3 Å². The molecule has 0 spiro atoms. The number of amides is 1. The van der Waals surface area contributed by atoms with Crippen LogP contribution in [0.3, 0.4) is 0 Å². The fourth-order valence-electron chi connectivity index (χ4n) is 1.45. The van der Waals surface area contributed by atoms with Crippen LogP contribution < -0.4 is 11.1 Å². The van der Waals surface area contributed by atoms with Gasteiger partial charge in [0.25, 0.3) is 0 Å². The smallest absolute Gasteiger partial charge is 0.413 e. The normalized spacial score (nSPS) is 12.4. The lowest BCUT2D eigenvalue weighted by molar-refractivity contribution is 0.0636. The first kappa shape index (κ1) is 15.9. The van der Waals surface area contributed by atoms with Crippen molar-refractivity contribution >= 4 is 22.6 Å². The summed E-state index contributed by atoms with van der Waals surface area (Å²) in [6, 6.07) is 0. The number of carbonyl (C=O) groups is 1. The van der Waals surface area contributed by atoms with Crippen molar-refractivity contribution in [1.29, 1.82) is 0 Å². The highest BCUT2D eigenvalue weighted by Gasteiger charge is 2.20. The van der Waals surface area contributed by atoms with Gasteiger partial charge in [-0.2, -0.15) is 0 Å². The van der Waals surface area contributed by atoms with Gasteiger partial charge in [-0.15, -0.1) is 11.3 Å². The molecule has 0 aliphatic rings.